The minimum absolute atomic E-state index is 0.166. The predicted octanol–water partition coefficient (Wildman–Crippen LogP) is 4.08. The van der Waals surface area contributed by atoms with Gasteiger partial charge in [-0.2, -0.15) is 11.8 Å². The fourth-order valence-electron chi connectivity index (χ4n) is 4.80. The Balaban J connectivity index is 1.47. The van der Waals surface area contributed by atoms with Crippen molar-refractivity contribution in [3.63, 3.8) is 0 Å². The normalized spacial score (nSPS) is 27.6. The molecule has 1 saturated carbocycles. The minimum Gasteiger partial charge on any atom is -0.392 e. The van der Waals surface area contributed by atoms with Gasteiger partial charge >= 0.3 is 0 Å². The third kappa shape index (κ3) is 6.71. The lowest BCUT2D eigenvalue weighted by Gasteiger charge is -2.19. The minimum atomic E-state index is -0.496. The number of rotatable bonds is 10. The Hall–Kier alpha value is -1.07. The number of hydrogen-bond donors (Lipinski definition) is 2. The molecule has 3 nitrogen and oxygen atoms in total. The van der Waals surface area contributed by atoms with Crippen LogP contribution in [0.25, 0.3) is 0 Å². The number of benzene rings is 1. The molecule has 3 rings (SSSR count). The van der Waals surface area contributed by atoms with E-state index in [0.717, 1.165) is 30.7 Å². The van der Waals surface area contributed by atoms with Gasteiger partial charge in [-0.25, -0.2) is 0 Å². The maximum absolute atomic E-state index is 10.5. The maximum atomic E-state index is 10.5. The molecule has 1 fully saturated rings. The summed E-state index contributed by atoms with van der Waals surface area (Å²) >= 11 is 2.04. The summed E-state index contributed by atoms with van der Waals surface area (Å²) in [7, 11) is 4.25. The van der Waals surface area contributed by atoms with E-state index in [-0.39, 0.29) is 12.0 Å². The number of aliphatic hydroxyl groups is 2. The molecule has 4 heteroatoms. The lowest BCUT2D eigenvalue weighted by Crippen LogP contribution is -2.18. The Labute approximate surface area is 180 Å². The average molecular weight is 416 g/mol. The lowest BCUT2D eigenvalue weighted by atomic mass is 9.89. The first kappa shape index (κ1) is 22.6. The predicted molar refractivity (Wildman–Crippen MR) is 124 cm³/mol. The van der Waals surface area contributed by atoms with Gasteiger partial charge < -0.3 is 15.1 Å². The van der Waals surface area contributed by atoms with Gasteiger partial charge in [-0.1, -0.05) is 53.6 Å². The first-order valence-corrected chi connectivity index (χ1v) is 12.1. The molecule has 0 saturated heterocycles. The monoisotopic (exact) mass is 415 g/mol. The van der Waals surface area contributed by atoms with Crippen LogP contribution in [-0.2, 0) is 6.42 Å². The van der Waals surface area contributed by atoms with Crippen LogP contribution in [0.4, 0.5) is 0 Å². The highest BCUT2D eigenvalue weighted by molar-refractivity contribution is 7.99. The van der Waals surface area contributed by atoms with Gasteiger partial charge in [-0.3, -0.25) is 0 Å². The smallest absolute Gasteiger partial charge is 0.0761 e. The molecule has 29 heavy (non-hydrogen) atoms. The number of aryl methyl sites for hydroxylation is 1. The number of allylic oxidation sites excluding steroid dienone is 1. The second kappa shape index (κ2) is 10.8. The van der Waals surface area contributed by atoms with Crippen LogP contribution in [0.5, 0.6) is 0 Å². The topological polar surface area (TPSA) is 43.7 Å². The zero-order valence-corrected chi connectivity index (χ0v) is 18.9. The molecule has 0 unspecified atom stereocenters. The van der Waals surface area contributed by atoms with E-state index in [0.29, 0.717) is 18.3 Å². The van der Waals surface area contributed by atoms with E-state index >= 15 is 0 Å². The Bertz CT molecular complexity index is 715. The van der Waals surface area contributed by atoms with Crippen molar-refractivity contribution in [2.45, 2.75) is 44.8 Å². The van der Waals surface area contributed by atoms with Crippen molar-refractivity contribution >= 4 is 11.8 Å². The number of aliphatic hydroxyl groups excluding tert-OH is 2. The van der Waals surface area contributed by atoms with Crippen LogP contribution in [0.2, 0.25) is 0 Å². The van der Waals surface area contributed by atoms with Gasteiger partial charge in [0.05, 0.1) is 12.2 Å². The summed E-state index contributed by atoms with van der Waals surface area (Å²) in [5, 5.41) is 21.0. The molecular weight excluding hydrogens is 378 g/mol. The van der Waals surface area contributed by atoms with Crippen LogP contribution in [0, 0.1) is 24.7 Å². The average Bonchev–Trinajstić information content (AvgIpc) is 3.16. The number of thioether (sulfide) groups is 1. The lowest BCUT2D eigenvalue weighted by molar-refractivity contribution is 0.140. The quantitative estimate of drug-likeness (QED) is 0.446. The van der Waals surface area contributed by atoms with E-state index in [1.165, 1.54) is 17.7 Å². The summed E-state index contributed by atoms with van der Waals surface area (Å²) < 4.78 is 0. The maximum Gasteiger partial charge on any atom is 0.0761 e. The third-order valence-corrected chi connectivity index (χ3v) is 7.37. The second-order valence-corrected chi connectivity index (χ2v) is 10.2. The summed E-state index contributed by atoms with van der Waals surface area (Å²) in [6.45, 7) is 3.23. The highest BCUT2D eigenvalue weighted by Gasteiger charge is 2.43. The molecule has 2 N–H and O–H groups in total. The summed E-state index contributed by atoms with van der Waals surface area (Å²) in [4.78, 5) is 2.24. The van der Waals surface area contributed by atoms with Gasteiger partial charge in [0, 0.05) is 18.1 Å². The molecule has 0 aliphatic heterocycles. The van der Waals surface area contributed by atoms with Crippen molar-refractivity contribution < 1.29 is 10.2 Å². The molecule has 0 heterocycles. The molecule has 160 valence electrons. The summed E-state index contributed by atoms with van der Waals surface area (Å²) in [6.07, 6.45) is 9.49. The van der Waals surface area contributed by atoms with Gasteiger partial charge in [-0.15, -0.1) is 0 Å². The molecule has 0 bridgehead atoms. The highest BCUT2D eigenvalue weighted by Crippen LogP contribution is 2.47. The van der Waals surface area contributed by atoms with Crippen LogP contribution >= 0.6 is 11.8 Å². The third-order valence-electron chi connectivity index (χ3n) is 6.21. The second-order valence-electron chi connectivity index (χ2n) is 9.09. The largest absolute Gasteiger partial charge is 0.392 e. The van der Waals surface area contributed by atoms with Crippen molar-refractivity contribution in [3.05, 3.63) is 59.2 Å². The van der Waals surface area contributed by atoms with E-state index in [9.17, 15) is 10.2 Å². The van der Waals surface area contributed by atoms with E-state index in [1.54, 1.807) is 5.57 Å². The summed E-state index contributed by atoms with van der Waals surface area (Å²) in [5.74, 6) is 3.51. The van der Waals surface area contributed by atoms with Crippen molar-refractivity contribution in [1.82, 2.24) is 4.90 Å². The zero-order chi connectivity index (χ0) is 20.8. The van der Waals surface area contributed by atoms with E-state index in [2.05, 4.69) is 56.3 Å². The molecule has 0 aromatic heterocycles. The standard InChI is InChI=1S/C25H37NO2S/c1-18-6-4-7-19(12-18)14-22(27)8-9-23-24-15-20(13-21(24)16-25(23)28)17-29-11-5-10-26(2)3/h4,6-9,12-13,21-25,27-28H,5,10-11,14-17H2,1-3H3/b9-8+/t21-,22+,23+,24-,25+/m0/s1. The van der Waals surface area contributed by atoms with Crippen molar-refractivity contribution in [1.29, 1.82) is 0 Å². The molecule has 2 aliphatic carbocycles. The number of hydrogen-bond acceptors (Lipinski definition) is 4. The molecule has 0 spiro atoms. The van der Waals surface area contributed by atoms with Gasteiger partial charge in [0.1, 0.15) is 0 Å². The first-order chi connectivity index (χ1) is 13.9. The first-order valence-electron chi connectivity index (χ1n) is 10.9. The molecule has 2 aliphatic rings. The van der Waals surface area contributed by atoms with Gasteiger partial charge in [0.15, 0.2) is 0 Å². The van der Waals surface area contributed by atoms with Gasteiger partial charge in [-0.05, 0) is 70.0 Å². The zero-order valence-electron chi connectivity index (χ0n) is 18.1. The Morgan fingerprint density at radius 3 is 2.90 bits per heavy atom. The van der Waals surface area contributed by atoms with E-state index in [1.807, 2.05) is 23.9 Å². The fraction of sp³-hybridized carbons (Fsp3) is 0.600. The van der Waals surface area contributed by atoms with Crippen molar-refractivity contribution in [2.75, 3.05) is 32.1 Å². The van der Waals surface area contributed by atoms with E-state index < -0.39 is 6.10 Å². The van der Waals surface area contributed by atoms with Crippen LogP contribution in [0.3, 0.4) is 0 Å². The summed E-state index contributed by atoms with van der Waals surface area (Å²) in [6, 6.07) is 8.30. The van der Waals surface area contributed by atoms with Crippen molar-refractivity contribution in [2.24, 2.45) is 17.8 Å². The Morgan fingerprint density at radius 2 is 2.14 bits per heavy atom. The fourth-order valence-corrected chi connectivity index (χ4v) is 5.76. The molecule has 5 atom stereocenters. The summed E-state index contributed by atoms with van der Waals surface area (Å²) in [5.41, 5.74) is 3.93. The van der Waals surface area contributed by atoms with Crippen LogP contribution in [0.1, 0.15) is 30.4 Å². The van der Waals surface area contributed by atoms with Crippen molar-refractivity contribution in [3.8, 4) is 0 Å². The van der Waals surface area contributed by atoms with Gasteiger partial charge in [0.2, 0.25) is 0 Å². The molecule has 0 radical (unpaired) electrons. The van der Waals surface area contributed by atoms with E-state index in [4.69, 9.17) is 0 Å². The molecule has 1 aromatic rings. The Kier molecular flexibility index (Phi) is 8.43. The SMILES string of the molecule is Cc1cccc(C[C@H](O)/C=C/[C@@H]2[C@H]3CC(CSCCCN(C)C)=C[C@H]3C[C@H]2O)c1. The van der Waals surface area contributed by atoms with Crippen LogP contribution in [0.15, 0.2) is 48.1 Å². The number of nitrogens with zero attached hydrogens (tertiary/aromatic N) is 1. The highest BCUT2D eigenvalue weighted by atomic mass is 32.2. The number of fused-ring (bicyclic) bond motifs is 1. The molecule has 0 amide bonds. The molecule has 1 aromatic carbocycles. The van der Waals surface area contributed by atoms with Gasteiger partial charge in [0.25, 0.3) is 0 Å². The molecular formula is C25H37NO2S. The Morgan fingerprint density at radius 1 is 1.31 bits per heavy atom. The van der Waals surface area contributed by atoms with Crippen LogP contribution in [-0.4, -0.2) is 59.5 Å². The van der Waals surface area contributed by atoms with Crippen LogP contribution < -0.4 is 0 Å².